The lowest BCUT2D eigenvalue weighted by atomic mass is 9.99. The molecule has 0 radical (unpaired) electrons. The van der Waals surface area contributed by atoms with Crippen molar-refractivity contribution in [1.82, 2.24) is 4.90 Å². The van der Waals surface area contributed by atoms with Crippen molar-refractivity contribution in [2.45, 2.75) is 31.3 Å². The third kappa shape index (κ3) is 1.84. The maximum absolute atomic E-state index is 12.9. The van der Waals surface area contributed by atoms with Crippen molar-refractivity contribution in [1.29, 1.82) is 5.26 Å². The van der Waals surface area contributed by atoms with E-state index >= 15 is 0 Å². The minimum absolute atomic E-state index is 0.0421. The number of nitriles is 1. The number of carbonyl (C=O) groups excluding carboxylic acids is 1. The van der Waals surface area contributed by atoms with Gasteiger partial charge in [0.1, 0.15) is 6.04 Å². The summed E-state index contributed by atoms with van der Waals surface area (Å²) in [5.41, 5.74) is 0.560. The Morgan fingerprint density at radius 1 is 1.23 bits per heavy atom. The quantitative estimate of drug-likeness (QED) is 0.741. The lowest BCUT2D eigenvalue weighted by molar-refractivity contribution is -0.120. The van der Waals surface area contributed by atoms with Gasteiger partial charge in [-0.15, -0.1) is 4.99 Å². The molecule has 0 spiro atoms. The zero-order chi connectivity index (χ0) is 15.4. The summed E-state index contributed by atoms with van der Waals surface area (Å²) in [5.74, 6) is 0.712. The molecule has 22 heavy (non-hydrogen) atoms. The number of hydrogen-bond acceptors (Lipinski definition) is 3. The Labute approximate surface area is 137 Å². The number of guanidine groups is 1. The van der Waals surface area contributed by atoms with Crippen LogP contribution in [0.5, 0.6) is 0 Å². The summed E-state index contributed by atoms with van der Waals surface area (Å²) in [4.78, 5) is 20.3. The van der Waals surface area contributed by atoms with E-state index in [1.165, 1.54) is 4.90 Å². The zero-order valence-electron chi connectivity index (χ0n) is 11.5. The fourth-order valence-electron chi connectivity index (χ4n) is 4.00. The van der Waals surface area contributed by atoms with Gasteiger partial charge in [-0.2, -0.15) is 5.26 Å². The first kappa shape index (κ1) is 13.9. The molecule has 0 aromatic heterocycles. The first-order chi connectivity index (χ1) is 10.6. The number of nitrogens with zero attached hydrogens (tertiary/aromatic N) is 4. The number of rotatable bonds is 1. The monoisotopic (exact) mass is 334 g/mol. The summed E-state index contributed by atoms with van der Waals surface area (Å²) in [6, 6.07) is 5.04. The van der Waals surface area contributed by atoms with Gasteiger partial charge in [-0.05, 0) is 43.4 Å². The topological polar surface area (TPSA) is 59.7 Å². The number of hydrogen-bond donors (Lipinski definition) is 0. The number of piperidine rings is 1. The minimum Gasteiger partial charge on any atom is -0.326 e. The molecule has 3 fully saturated rings. The second kappa shape index (κ2) is 4.87. The molecule has 1 saturated carbocycles. The van der Waals surface area contributed by atoms with Gasteiger partial charge >= 0.3 is 0 Å². The van der Waals surface area contributed by atoms with E-state index in [1.54, 1.807) is 18.2 Å². The van der Waals surface area contributed by atoms with Crippen LogP contribution in [0.15, 0.2) is 23.2 Å². The first-order valence-electron chi connectivity index (χ1n) is 7.15. The maximum Gasteiger partial charge on any atom is 0.257 e. The molecule has 5 nitrogen and oxygen atoms in total. The second-order valence-corrected chi connectivity index (χ2v) is 6.77. The Bertz CT molecular complexity index is 721. The van der Waals surface area contributed by atoms with Gasteiger partial charge in [0.2, 0.25) is 12.2 Å². The highest BCUT2D eigenvalue weighted by molar-refractivity contribution is 6.35. The highest BCUT2D eigenvalue weighted by Crippen LogP contribution is 2.47. The zero-order valence-corrected chi connectivity index (χ0v) is 13.1. The van der Waals surface area contributed by atoms with Gasteiger partial charge in [0.25, 0.3) is 5.91 Å². The normalized spacial score (nSPS) is 31.0. The number of amides is 1. The average Bonchev–Trinajstić information content (AvgIpc) is 3.11. The van der Waals surface area contributed by atoms with E-state index in [4.69, 9.17) is 28.5 Å². The molecule has 1 aromatic carbocycles. The summed E-state index contributed by atoms with van der Waals surface area (Å²) < 4.78 is 0. The van der Waals surface area contributed by atoms with Crippen LogP contribution in [0.1, 0.15) is 19.3 Å². The smallest absolute Gasteiger partial charge is 0.257 e. The number of carbonyl (C=O) groups is 1. The second-order valence-electron chi connectivity index (χ2n) is 5.89. The van der Waals surface area contributed by atoms with Gasteiger partial charge in [-0.1, -0.05) is 23.2 Å². The molecular weight excluding hydrogens is 323 g/mol. The maximum atomic E-state index is 12.9. The van der Waals surface area contributed by atoms with Crippen molar-refractivity contribution in [3.8, 4) is 6.19 Å². The van der Waals surface area contributed by atoms with Crippen molar-refractivity contribution in [3.63, 3.8) is 0 Å². The van der Waals surface area contributed by atoms with Crippen LogP contribution in [-0.2, 0) is 4.79 Å². The van der Waals surface area contributed by atoms with Crippen molar-refractivity contribution in [3.05, 3.63) is 28.2 Å². The van der Waals surface area contributed by atoms with Gasteiger partial charge in [0.05, 0.1) is 5.69 Å². The predicted molar refractivity (Wildman–Crippen MR) is 83.8 cm³/mol. The summed E-state index contributed by atoms with van der Waals surface area (Å²) in [6.45, 7) is 0. The molecule has 2 unspecified atom stereocenters. The van der Waals surface area contributed by atoms with Crippen molar-refractivity contribution in [2.24, 2.45) is 10.9 Å². The van der Waals surface area contributed by atoms with Gasteiger partial charge in [-0.3, -0.25) is 4.79 Å². The van der Waals surface area contributed by atoms with E-state index in [0.717, 1.165) is 19.3 Å². The summed E-state index contributed by atoms with van der Waals surface area (Å²) in [7, 11) is 0. The highest BCUT2D eigenvalue weighted by Gasteiger charge is 2.58. The van der Waals surface area contributed by atoms with Crippen molar-refractivity contribution >= 4 is 40.8 Å². The molecule has 112 valence electrons. The van der Waals surface area contributed by atoms with Crippen molar-refractivity contribution < 1.29 is 4.79 Å². The number of aliphatic imine (C=N–C) groups is 1. The molecule has 3 atom stereocenters. The largest absolute Gasteiger partial charge is 0.326 e. The fourth-order valence-corrected chi connectivity index (χ4v) is 4.52. The van der Waals surface area contributed by atoms with E-state index in [9.17, 15) is 4.79 Å². The molecule has 2 saturated heterocycles. The van der Waals surface area contributed by atoms with Crippen LogP contribution in [-0.4, -0.2) is 28.9 Å². The van der Waals surface area contributed by atoms with Gasteiger partial charge in [-0.25, -0.2) is 4.90 Å². The molecule has 2 heterocycles. The lowest BCUT2D eigenvalue weighted by Gasteiger charge is -2.28. The third-order valence-corrected chi connectivity index (χ3v) is 5.18. The Hall–Kier alpha value is -1.77. The van der Waals surface area contributed by atoms with E-state index in [2.05, 4.69) is 4.99 Å². The van der Waals surface area contributed by atoms with Crippen LogP contribution in [0.25, 0.3) is 0 Å². The average molecular weight is 335 g/mol. The molecule has 1 aliphatic carbocycles. The Morgan fingerprint density at radius 3 is 2.64 bits per heavy atom. The van der Waals surface area contributed by atoms with Crippen LogP contribution >= 0.6 is 23.2 Å². The Balaban J connectivity index is 1.83. The molecule has 0 N–H and O–H groups in total. The van der Waals surface area contributed by atoms with Crippen LogP contribution in [0.4, 0.5) is 5.69 Å². The standard InChI is InChI=1S/C15H12Cl2N4O/c16-9-4-10(17)6-12(5-9)21-14(22)13-8-1-2-11(3-8)20(13)15(21)19-7-18/h4-6,8,11,13H,1-3H2/t8?,11?,13-/m0/s1. The molecular formula is C15H12Cl2N4O. The minimum atomic E-state index is -0.205. The number of halogens is 2. The van der Waals surface area contributed by atoms with E-state index in [-0.39, 0.29) is 11.9 Å². The lowest BCUT2D eigenvalue weighted by Crippen LogP contribution is -2.41. The number of anilines is 1. The molecule has 2 aliphatic heterocycles. The van der Waals surface area contributed by atoms with E-state index in [1.807, 2.05) is 11.1 Å². The predicted octanol–water partition coefficient (Wildman–Crippen LogP) is 3.03. The van der Waals surface area contributed by atoms with Gasteiger partial charge in [0.15, 0.2) is 0 Å². The number of fused-ring (bicyclic) bond motifs is 5. The highest BCUT2D eigenvalue weighted by atomic mass is 35.5. The van der Waals surface area contributed by atoms with Crippen LogP contribution in [0.2, 0.25) is 10.0 Å². The van der Waals surface area contributed by atoms with Gasteiger partial charge < -0.3 is 4.90 Å². The Kier molecular flexibility index (Phi) is 3.07. The molecule has 7 heteroatoms. The first-order valence-corrected chi connectivity index (χ1v) is 7.91. The number of benzene rings is 1. The van der Waals surface area contributed by atoms with Crippen LogP contribution in [0, 0.1) is 17.4 Å². The molecule has 1 aromatic rings. The van der Waals surface area contributed by atoms with Crippen LogP contribution < -0.4 is 4.90 Å². The SMILES string of the molecule is N#CN=C1N(c2cc(Cl)cc(Cl)c2)C(=O)[C@@H]2C3CCC(C3)N12. The Morgan fingerprint density at radius 2 is 1.95 bits per heavy atom. The molecule has 1 amide bonds. The molecule has 4 rings (SSSR count). The molecule has 3 aliphatic rings. The van der Waals surface area contributed by atoms with Gasteiger partial charge in [0, 0.05) is 16.1 Å². The van der Waals surface area contributed by atoms with E-state index in [0.29, 0.717) is 33.7 Å². The summed E-state index contributed by atoms with van der Waals surface area (Å²) >= 11 is 12.1. The summed E-state index contributed by atoms with van der Waals surface area (Å²) in [6.07, 6.45) is 4.92. The third-order valence-electron chi connectivity index (χ3n) is 4.74. The van der Waals surface area contributed by atoms with Crippen LogP contribution in [0.3, 0.4) is 0 Å². The van der Waals surface area contributed by atoms with Crippen molar-refractivity contribution in [2.75, 3.05) is 4.90 Å². The summed E-state index contributed by atoms with van der Waals surface area (Å²) in [5, 5.41) is 9.91. The molecule has 2 bridgehead atoms. The fraction of sp³-hybridized carbons (Fsp3) is 0.400. The van der Waals surface area contributed by atoms with E-state index < -0.39 is 0 Å².